The molecule has 0 radical (unpaired) electrons. The summed E-state index contributed by atoms with van der Waals surface area (Å²) in [4.78, 5) is 4.76. The average molecular weight is 368 g/mol. The van der Waals surface area contributed by atoms with E-state index in [1.54, 1.807) is 23.1 Å². The van der Waals surface area contributed by atoms with E-state index in [0.29, 0.717) is 0 Å². The Kier molecular flexibility index (Phi) is 4.56. The first kappa shape index (κ1) is 15.7. The largest absolute Gasteiger partial charge is 0.230 e. The lowest BCUT2D eigenvalue weighted by Gasteiger charge is -2.16. The molecule has 4 rings (SSSR count). The Labute approximate surface area is 154 Å². The minimum absolute atomic E-state index is 0.225. The van der Waals surface area contributed by atoms with Crippen LogP contribution in [0.3, 0.4) is 0 Å². The van der Waals surface area contributed by atoms with Gasteiger partial charge >= 0.3 is 0 Å². The van der Waals surface area contributed by atoms with Gasteiger partial charge in [-0.1, -0.05) is 84.0 Å². The van der Waals surface area contributed by atoms with E-state index in [2.05, 4.69) is 60.7 Å². The molecule has 0 fully saturated rings. The topological polar surface area (TPSA) is 12.9 Å². The van der Waals surface area contributed by atoms with Crippen LogP contribution in [0.4, 0.5) is 0 Å². The second-order valence-electron chi connectivity index (χ2n) is 5.41. The van der Waals surface area contributed by atoms with E-state index in [0.717, 1.165) is 14.9 Å². The zero-order valence-electron chi connectivity index (χ0n) is 12.7. The van der Waals surface area contributed by atoms with Crippen LogP contribution in [0.25, 0.3) is 10.2 Å². The van der Waals surface area contributed by atoms with E-state index >= 15 is 0 Å². The summed E-state index contributed by atoms with van der Waals surface area (Å²) in [5, 5.41) is 0.954. The van der Waals surface area contributed by atoms with E-state index < -0.39 is 0 Å². The Balaban J connectivity index is 1.73. The molecular weight excluding hydrogens is 354 g/mol. The van der Waals surface area contributed by atoms with E-state index in [1.165, 1.54) is 15.8 Å². The molecule has 118 valence electrons. The van der Waals surface area contributed by atoms with Gasteiger partial charge in [-0.2, -0.15) is 0 Å². The van der Waals surface area contributed by atoms with Gasteiger partial charge in [-0.25, -0.2) is 4.98 Å². The van der Waals surface area contributed by atoms with E-state index in [9.17, 15) is 0 Å². The van der Waals surface area contributed by atoms with Crippen molar-refractivity contribution in [1.29, 1.82) is 0 Å². The van der Waals surface area contributed by atoms with Crippen molar-refractivity contribution in [2.75, 3.05) is 0 Å². The highest BCUT2D eigenvalue weighted by atomic mass is 35.5. The molecule has 0 aliphatic rings. The average Bonchev–Trinajstić information content (AvgIpc) is 3.03. The van der Waals surface area contributed by atoms with Crippen molar-refractivity contribution < 1.29 is 0 Å². The first-order valence-corrected chi connectivity index (χ1v) is 9.70. The number of aromatic nitrogens is 1. The van der Waals surface area contributed by atoms with Gasteiger partial charge in [0.2, 0.25) is 0 Å². The fourth-order valence-corrected chi connectivity index (χ4v) is 5.15. The number of hydrogen-bond acceptors (Lipinski definition) is 3. The van der Waals surface area contributed by atoms with Gasteiger partial charge in [0.15, 0.2) is 4.34 Å². The molecule has 0 saturated heterocycles. The molecule has 0 spiro atoms. The Morgan fingerprint density at radius 1 is 0.833 bits per heavy atom. The highest BCUT2D eigenvalue weighted by molar-refractivity contribution is 8.01. The summed E-state index contributed by atoms with van der Waals surface area (Å²) >= 11 is 9.59. The minimum atomic E-state index is 0.225. The molecule has 0 unspecified atom stereocenters. The highest BCUT2D eigenvalue weighted by Crippen LogP contribution is 2.43. The molecule has 0 aliphatic heterocycles. The molecule has 0 saturated carbocycles. The lowest BCUT2D eigenvalue weighted by atomic mass is 10.0. The SMILES string of the molecule is Clc1ccc2sc(SC(c3ccccc3)c3ccccc3)nc2c1. The van der Waals surface area contributed by atoms with Gasteiger partial charge < -0.3 is 0 Å². The van der Waals surface area contributed by atoms with Gasteiger partial charge in [0, 0.05) is 5.02 Å². The van der Waals surface area contributed by atoms with Gasteiger partial charge in [-0.05, 0) is 29.3 Å². The Morgan fingerprint density at radius 2 is 1.46 bits per heavy atom. The van der Waals surface area contributed by atoms with E-state index in [1.807, 2.05) is 18.2 Å². The summed E-state index contributed by atoms with van der Waals surface area (Å²) < 4.78 is 2.23. The minimum Gasteiger partial charge on any atom is -0.230 e. The van der Waals surface area contributed by atoms with Crippen LogP contribution < -0.4 is 0 Å². The third-order valence-electron chi connectivity index (χ3n) is 3.75. The molecule has 4 aromatic rings. The van der Waals surface area contributed by atoms with Crippen LogP contribution >= 0.6 is 34.7 Å². The predicted octanol–water partition coefficient (Wildman–Crippen LogP) is 6.83. The molecule has 24 heavy (non-hydrogen) atoms. The summed E-state index contributed by atoms with van der Waals surface area (Å²) in [6.45, 7) is 0. The standard InChI is InChI=1S/C20H14ClNS2/c21-16-11-12-18-17(13-16)22-20(23-18)24-19(14-7-3-1-4-8-14)15-9-5-2-6-10-15/h1-13,19H. The normalized spacial score (nSPS) is 11.2. The molecule has 1 aromatic heterocycles. The zero-order chi connectivity index (χ0) is 16.4. The summed E-state index contributed by atoms with van der Waals surface area (Å²) in [6.07, 6.45) is 0. The molecule has 4 heteroatoms. The molecule has 1 heterocycles. The van der Waals surface area contributed by atoms with Gasteiger partial charge in [-0.3, -0.25) is 0 Å². The molecule has 0 aliphatic carbocycles. The van der Waals surface area contributed by atoms with Crippen LogP contribution in [-0.2, 0) is 0 Å². The number of halogens is 1. The fourth-order valence-electron chi connectivity index (χ4n) is 2.61. The van der Waals surface area contributed by atoms with Crippen LogP contribution in [0.2, 0.25) is 5.02 Å². The predicted molar refractivity (Wildman–Crippen MR) is 105 cm³/mol. The first-order valence-electron chi connectivity index (χ1n) is 7.62. The summed E-state index contributed by atoms with van der Waals surface area (Å²) in [6, 6.07) is 27.0. The van der Waals surface area contributed by atoms with E-state index in [4.69, 9.17) is 16.6 Å². The third-order valence-corrected chi connectivity index (χ3v) is 6.43. The number of benzene rings is 3. The maximum absolute atomic E-state index is 6.08. The first-order chi connectivity index (χ1) is 11.8. The second kappa shape index (κ2) is 6.98. The lowest BCUT2D eigenvalue weighted by molar-refractivity contribution is 1.14. The van der Waals surface area contributed by atoms with Crippen LogP contribution in [0.15, 0.2) is 83.2 Å². The molecule has 3 aromatic carbocycles. The van der Waals surface area contributed by atoms with Crippen molar-refractivity contribution in [1.82, 2.24) is 4.98 Å². The van der Waals surface area contributed by atoms with Crippen LogP contribution in [0.5, 0.6) is 0 Å². The van der Waals surface area contributed by atoms with Gasteiger partial charge in [0.25, 0.3) is 0 Å². The summed E-state index contributed by atoms with van der Waals surface area (Å²) in [7, 11) is 0. The summed E-state index contributed by atoms with van der Waals surface area (Å²) in [5.74, 6) is 0. The van der Waals surface area contributed by atoms with Gasteiger partial charge in [-0.15, -0.1) is 11.3 Å². The van der Waals surface area contributed by atoms with Gasteiger partial charge in [0.1, 0.15) is 0 Å². The fraction of sp³-hybridized carbons (Fsp3) is 0.0500. The third kappa shape index (κ3) is 3.34. The van der Waals surface area contributed by atoms with Crippen molar-refractivity contribution in [3.63, 3.8) is 0 Å². The number of hydrogen-bond donors (Lipinski definition) is 0. The highest BCUT2D eigenvalue weighted by Gasteiger charge is 2.17. The number of nitrogens with zero attached hydrogens (tertiary/aromatic N) is 1. The van der Waals surface area contributed by atoms with Gasteiger partial charge in [0.05, 0.1) is 15.5 Å². The Hall–Kier alpha value is -1.81. The number of rotatable bonds is 4. The molecule has 0 N–H and O–H groups in total. The maximum Gasteiger partial charge on any atom is 0.152 e. The number of fused-ring (bicyclic) bond motifs is 1. The smallest absolute Gasteiger partial charge is 0.152 e. The lowest BCUT2D eigenvalue weighted by Crippen LogP contribution is -1.96. The molecule has 0 atom stereocenters. The van der Waals surface area contributed by atoms with Crippen molar-refractivity contribution in [2.24, 2.45) is 0 Å². The summed E-state index contributed by atoms with van der Waals surface area (Å²) in [5.41, 5.74) is 3.53. The van der Waals surface area contributed by atoms with Crippen molar-refractivity contribution in [3.05, 3.63) is 95.0 Å². The zero-order valence-corrected chi connectivity index (χ0v) is 15.1. The number of thiazole rings is 1. The second-order valence-corrected chi connectivity index (χ2v) is 8.23. The van der Waals surface area contributed by atoms with E-state index in [-0.39, 0.29) is 5.25 Å². The Bertz CT molecular complexity index is 912. The quantitative estimate of drug-likeness (QED) is 0.366. The van der Waals surface area contributed by atoms with Crippen LogP contribution in [0, 0.1) is 0 Å². The van der Waals surface area contributed by atoms with Crippen molar-refractivity contribution in [2.45, 2.75) is 9.59 Å². The van der Waals surface area contributed by atoms with Crippen molar-refractivity contribution in [3.8, 4) is 0 Å². The maximum atomic E-state index is 6.08. The van der Waals surface area contributed by atoms with Crippen LogP contribution in [-0.4, -0.2) is 4.98 Å². The molecule has 1 nitrogen and oxygen atoms in total. The van der Waals surface area contributed by atoms with Crippen LogP contribution in [0.1, 0.15) is 16.4 Å². The molecule has 0 amide bonds. The molecular formula is C20H14ClNS2. The number of thioether (sulfide) groups is 1. The molecule has 0 bridgehead atoms. The van der Waals surface area contributed by atoms with Crippen molar-refractivity contribution >= 4 is 44.9 Å². The Morgan fingerprint density at radius 3 is 2.08 bits per heavy atom. The monoisotopic (exact) mass is 367 g/mol.